The van der Waals surface area contributed by atoms with Crippen LogP contribution in [0.3, 0.4) is 0 Å². The fraction of sp³-hybridized carbons (Fsp3) is 0.227. The molecule has 2 N–H and O–H groups in total. The molecule has 11 heteroatoms. The predicted molar refractivity (Wildman–Crippen MR) is 125 cm³/mol. The van der Waals surface area contributed by atoms with Gasteiger partial charge in [0.15, 0.2) is 5.82 Å². The van der Waals surface area contributed by atoms with Gasteiger partial charge in [-0.05, 0) is 36.4 Å². The van der Waals surface area contributed by atoms with Crippen LogP contribution in [0.1, 0.15) is 19.5 Å². The molecular weight excluding hydrogens is 465 g/mol. The molecule has 0 radical (unpaired) electrons. The predicted octanol–water partition coefficient (Wildman–Crippen LogP) is 3.71. The number of aromatic nitrogens is 3. The number of hydrogen-bond donors (Lipinski definition) is 2. The Bertz CT molecular complexity index is 1400. The highest BCUT2D eigenvalue weighted by atomic mass is 32.2. The number of hydrogen-bond acceptors (Lipinski definition) is 6. The number of rotatable bonds is 8. The summed E-state index contributed by atoms with van der Waals surface area (Å²) in [6.45, 7) is 3.72. The van der Waals surface area contributed by atoms with E-state index in [9.17, 15) is 17.6 Å². The number of thiazole rings is 1. The van der Waals surface area contributed by atoms with E-state index < -0.39 is 10.0 Å². The fourth-order valence-electron chi connectivity index (χ4n) is 3.05. The average Bonchev–Trinajstić information content (AvgIpc) is 3.36. The van der Waals surface area contributed by atoms with Gasteiger partial charge in [0, 0.05) is 35.5 Å². The third-order valence-corrected chi connectivity index (χ3v) is 7.20. The number of fused-ring (bicyclic) bond motifs is 1. The van der Waals surface area contributed by atoms with Gasteiger partial charge in [0.05, 0.1) is 10.6 Å². The van der Waals surface area contributed by atoms with Gasteiger partial charge in [0.2, 0.25) is 20.9 Å². The van der Waals surface area contributed by atoms with Crippen LogP contribution in [0, 0.1) is 11.7 Å². The molecule has 0 fully saturated rings. The quantitative estimate of drug-likeness (QED) is 0.394. The SMILES string of the molecule is CC(C)C(=O)Nc1ccc(S(=O)(=O)NCCc2csc3nc(-c4cccc(F)c4)nn23)cc1. The summed E-state index contributed by atoms with van der Waals surface area (Å²) in [5.74, 6) is -0.267. The van der Waals surface area contributed by atoms with E-state index in [0.717, 1.165) is 5.69 Å². The number of nitrogens with zero attached hydrogens (tertiary/aromatic N) is 3. The van der Waals surface area contributed by atoms with E-state index in [4.69, 9.17) is 0 Å². The summed E-state index contributed by atoms with van der Waals surface area (Å²) < 4.78 is 43.0. The lowest BCUT2D eigenvalue weighted by atomic mass is 10.2. The third kappa shape index (κ3) is 5.27. The van der Waals surface area contributed by atoms with E-state index in [0.29, 0.717) is 28.5 Å². The lowest BCUT2D eigenvalue weighted by Crippen LogP contribution is -2.26. The number of carbonyl (C=O) groups is 1. The van der Waals surface area contributed by atoms with Crippen LogP contribution in [0.25, 0.3) is 16.3 Å². The molecular formula is C22H22FN5O3S2. The lowest BCUT2D eigenvalue weighted by Gasteiger charge is -2.09. The van der Waals surface area contributed by atoms with Gasteiger partial charge in [0.25, 0.3) is 0 Å². The first-order valence-corrected chi connectivity index (χ1v) is 12.6. The maximum Gasteiger partial charge on any atom is 0.240 e. The first kappa shape index (κ1) is 23.0. The summed E-state index contributed by atoms with van der Waals surface area (Å²) in [6.07, 6.45) is 0.397. The first-order valence-electron chi connectivity index (χ1n) is 10.2. The average molecular weight is 488 g/mol. The van der Waals surface area contributed by atoms with E-state index >= 15 is 0 Å². The van der Waals surface area contributed by atoms with Crippen molar-refractivity contribution in [3.63, 3.8) is 0 Å². The van der Waals surface area contributed by atoms with Crippen LogP contribution in [0.2, 0.25) is 0 Å². The maximum absolute atomic E-state index is 13.5. The topological polar surface area (TPSA) is 105 Å². The molecule has 172 valence electrons. The number of amides is 1. The Balaban J connectivity index is 1.41. The molecule has 2 aromatic carbocycles. The standard InChI is InChI=1S/C22H22FN5O3S2/c1-14(2)21(29)25-17-6-8-19(9-7-17)33(30,31)24-11-10-18-13-32-22-26-20(27-28(18)22)15-4-3-5-16(23)12-15/h3-9,12-14,24H,10-11H2,1-2H3,(H,25,29). The van der Waals surface area contributed by atoms with Crippen molar-refractivity contribution in [1.82, 2.24) is 19.3 Å². The summed E-state index contributed by atoms with van der Waals surface area (Å²) >= 11 is 1.38. The molecule has 0 bridgehead atoms. The molecule has 33 heavy (non-hydrogen) atoms. The Kier molecular flexibility index (Phi) is 6.54. The van der Waals surface area contributed by atoms with Gasteiger partial charge in [-0.15, -0.1) is 16.4 Å². The zero-order valence-corrected chi connectivity index (χ0v) is 19.6. The molecule has 2 heterocycles. The fourth-order valence-corrected chi connectivity index (χ4v) is 4.94. The van der Waals surface area contributed by atoms with Gasteiger partial charge in [-0.1, -0.05) is 26.0 Å². The lowest BCUT2D eigenvalue weighted by molar-refractivity contribution is -0.118. The molecule has 2 aromatic heterocycles. The highest BCUT2D eigenvalue weighted by Crippen LogP contribution is 2.22. The largest absolute Gasteiger partial charge is 0.326 e. The van der Waals surface area contributed by atoms with Gasteiger partial charge >= 0.3 is 0 Å². The number of carbonyl (C=O) groups excluding carboxylic acids is 1. The van der Waals surface area contributed by atoms with E-state index in [1.807, 2.05) is 5.38 Å². The summed E-state index contributed by atoms with van der Waals surface area (Å²) in [5, 5.41) is 9.03. The van der Waals surface area contributed by atoms with E-state index in [-0.39, 0.29) is 29.1 Å². The molecule has 0 unspecified atom stereocenters. The van der Waals surface area contributed by atoms with Crippen molar-refractivity contribution in [2.24, 2.45) is 5.92 Å². The Morgan fingerprint density at radius 3 is 2.64 bits per heavy atom. The Hall–Kier alpha value is -3.15. The summed E-state index contributed by atoms with van der Waals surface area (Å²) in [7, 11) is -3.72. The van der Waals surface area contributed by atoms with E-state index in [1.165, 1.54) is 35.6 Å². The normalized spacial score (nSPS) is 11.9. The van der Waals surface area contributed by atoms with Crippen LogP contribution in [0.15, 0.2) is 58.8 Å². The van der Waals surface area contributed by atoms with Gasteiger partial charge < -0.3 is 5.32 Å². The summed E-state index contributed by atoms with van der Waals surface area (Å²) in [4.78, 5) is 16.9. The zero-order valence-electron chi connectivity index (χ0n) is 17.9. The summed E-state index contributed by atoms with van der Waals surface area (Å²) in [6, 6.07) is 12.1. The number of sulfonamides is 1. The van der Waals surface area contributed by atoms with Crippen molar-refractivity contribution in [2.45, 2.75) is 25.2 Å². The van der Waals surface area contributed by atoms with Crippen LogP contribution in [-0.2, 0) is 21.2 Å². The Labute approximate surface area is 194 Å². The number of benzene rings is 2. The number of nitrogens with one attached hydrogen (secondary N) is 2. The number of anilines is 1. The van der Waals surface area contributed by atoms with Gasteiger partial charge in [-0.3, -0.25) is 4.79 Å². The van der Waals surface area contributed by atoms with E-state index in [1.54, 1.807) is 42.6 Å². The second-order valence-electron chi connectivity index (χ2n) is 7.68. The molecule has 0 saturated carbocycles. The molecule has 4 rings (SSSR count). The first-order chi connectivity index (χ1) is 15.7. The van der Waals surface area contributed by atoms with Gasteiger partial charge in [0.1, 0.15) is 5.82 Å². The van der Waals surface area contributed by atoms with Crippen molar-refractivity contribution in [3.8, 4) is 11.4 Å². The van der Waals surface area contributed by atoms with Crippen molar-refractivity contribution in [3.05, 3.63) is 65.4 Å². The summed E-state index contributed by atoms with van der Waals surface area (Å²) in [5.41, 5.74) is 1.90. The Morgan fingerprint density at radius 1 is 1.18 bits per heavy atom. The minimum absolute atomic E-state index is 0.106. The van der Waals surface area contributed by atoms with Crippen LogP contribution in [0.5, 0.6) is 0 Å². The van der Waals surface area contributed by atoms with Crippen molar-refractivity contribution < 1.29 is 17.6 Å². The monoisotopic (exact) mass is 487 g/mol. The van der Waals surface area contributed by atoms with Crippen molar-refractivity contribution in [1.29, 1.82) is 0 Å². The van der Waals surface area contributed by atoms with Crippen LogP contribution >= 0.6 is 11.3 Å². The van der Waals surface area contributed by atoms with Gasteiger partial charge in [-0.25, -0.2) is 22.0 Å². The smallest absolute Gasteiger partial charge is 0.240 e. The molecule has 4 aromatic rings. The molecule has 8 nitrogen and oxygen atoms in total. The van der Waals surface area contributed by atoms with Crippen LogP contribution in [-0.4, -0.2) is 35.5 Å². The highest BCUT2D eigenvalue weighted by molar-refractivity contribution is 7.89. The number of halogens is 1. The molecule has 0 atom stereocenters. The minimum Gasteiger partial charge on any atom is -0.326 e. The molecule has 0 spiro atoms. The van der Waals surface area contributed by atoms with Crippen molar-refractivity contribution >= 4 is 37.9 Å². The third-order valence-electron chi connectivity index (χ3n) is 4.86. The molecule has 0 aliphatic carbocycles. The van der Waals surface area contributed by atoms with Crippen LogP contribution in [0.4, 0.5) is 10.1 Å². The minimum atomic E-state index is -3.72. The van der Waals surface area contributed by atoms with Gasteiger partial charge in [-0.2, -0.15) is 4.98 Å². The Morgan fingerprint density at radius 2 is 1.94 bits per heavy atom. The highest BCUT2D eigenvalue weighted by Gasteiger charge is 2.16. The molecule has 0 saturated heterocycles. The molecule has 1 amide bonds. The maximum atomic E-state index is 13.5. The van der Waals surface area contributed by atoms with Crippen molar-refractivity contribution in [2.75, 3.05) is 11.9 Å². The van der Waals surface area contributed by atoms with Crippen LogP contribution < -0.4 is 10.0 Å². The molecule has 0 aliphatic heterocycles. The second kappa shape index (κ2) is 9.38. The molecule has 0 aliphatic rings. The second-order valence-corrected chi connectivity index (χ2v) is 10.3. The zero-order chi connectivity index (χ0) is 23.6. The van der Waals surface area contributed by atoms with E-state index in [2.05, 4.69) is 20.1 Å².